The molecule has 0 radical (unpaired) electrons. The van der Waals surface area contributed by atoms with Crippen molar-refractivity contribution in [1.82, 2.24) is 5.32 Å². The SMILES string of the molecule is COCCNC(=O)CSc1ccccc1C(=O)Nc1sc(C)c(C)c1C#N. The number of benzene rings is 1. The van der Waals surface area contributed by atoms with E-state index in [-0.39, 0.29) is 17.6 Å². The van der Waals surface area contributed by atoms with Crippen LogP contribution in [0.4, 0.5) is 5.00 Å². The Balaban J connectivity index is 2.09. The molecule has 2 N–H and O–H groups in total. The van der Waals surface area contributed by atoms with Crippen molar-refractivity contribution in [3.8, 4) is 6.07 Å². The third kappa shape index (κ3) is 5.57. The Morgan fingerprint density at radius 3 is 2.74 bits per heavy atom. The van der Waals surface area contributed by atoms with Crippen molar-refractivity contribution in [1.29, 1.82) is 5.26 Å². The van der Waals surface area contributed by atoms with Gasteiger partial charge in [0.1, 0.15) is 11.1 Å². The number of thiophene rings is 1. The minimum absolute atomic E-state index is 0.122. The number of carbonyl (C=O) groups excluding carboxylic acids is 2. The zero-order valence-corrected chi connectivity index (χ0v) is 17.1. The fourth-order valence-corrected chi connectivity index (χ4v) is 4.17. The molecule has 6 nitrogen and oxygen atoms in total. The van der Waals surface area contributed by atoms with E-state index in [9.17, 15) is 14.9 Å². The lowest BCUT2D eigenvalue weighted by Gasteiger charge is -2.09. The van der Waals surface area contributed by atoms with E-state index >= 15 is 0 Å². The first-order chi connectivity index (χ1) is 13.0. The van der Waals surface area contributed by atoms with Crippen molar-refractivity contribution < 1.29 is 14.3 Å². The average Bonchev–Trinajstić information content (AvgIpc) is 2.93. The predicted molar refractivity (Wildman–Crippen MR) is 109 cm³/mol. The van der Waals surface area contributed by atoms with Crippen LogP contribution in [0.2, 0.25) is 0 Å². The number of rotatable bonds is 8. The molecule has 0 aliphatic heterocycles. The quantitative estimate of drug-likeness (QED) is 0.521. The van der Waals surface area contributed by atoms with Crippen LogP contribution < -0.4 is 10.6 Å². The fraction of sp³-hybridized carbons (Fsp3) is 0.316. The van der Waals surface area contributed by atoms with Crippen LogP contribution in [0.5, 0.6) is 0 Å². The van der Waals surface area contributed by atoms with Gasteiger partial charge in [0.05, 0.1) is 23.5 Å². The highest BCUT2D eigenvalue weighted by atomic mass is 32.2. The molecule has 2 aromatic rings. The fourth-order valence-electron chi connectivity index (χ4n) is 2.29. The number of methoxy groups -OCH3 is 1. The summed E-state index contributed by atoms with van der Waals surface area (Å²) in [5.74, 6) is -0.214. The lowest BCUT2D eigenvalue weighted by atomic mass is 10.1. The Bertz CT molecular complexity index is 872. The van der Waals surface area contributed by atoms with Gasteiger partial charge in [0.15, 0.2) is 0 Å². The number of hydrogen-bond donors (Lipinski definition) is 2. The smallest absolute Gasteiger partial charge is 0.257 e. The number of thioether (sulfide) groups is 1. The van der Waals surface area contributed by atoms with Gasteiger partial charge in [-0.3, -0.25) is 9.59 Å². The molecule has 0 bridgehead atoms. The topological polar surface area (TPSA) is 91.2 Å². The number of amides is 2. The molecular formula is C19H21N3O3S2. The van der Waals surface area contributed by atoms with Crippen LogP contribution in [-0.2, 0) is 9.53 Å². The van der Waals surface area contributed by atoms with Crippen molar-refractivity contribution in [3.05, 3.63) is 45.8 Å². The molecule has 2 amide bonds. The monoisotopic (exact) mass is 403 g/mol. The van der Waals surface area contributed by atoms with Crippen molar-refractivity contribution in [2.45, 2.75) is 18.7 Å². The van der Waals surface area contributed by atoms with Gasteiger partial charge in [-0.05, 0) is 31.5 Å². The second-order valence-corrected chi connectivity index (χ2v) is 7.92. The standard InChI is InChI=1S/C19H21N3O3S2/c1-12-13(2)27-19(15(12)10-20)22-18(24)14-6-4-5-7-16(14)26-11-17(23)21-8-9-25-3/h4-7H,8-9,11H2,1-3H3,(H,21,23)(H,22,24). The molecule has 0 fully saturated rings. The molecule has 27 heavy (non-hydrogen) atoms. The Kier molecular flexibility index (Phi) is 7.85. The number of aryl methyl sites for hydroxylation is 1. The summed E-state index contributed by atoms with van der Waals surface area (Å²) in [4.78, 5) is 26.3. The minimum Gasteiger partial charge on any atom is -0.383 e. The number of nitrogens with one attached hydrogen (secondary N) is 2. The largest absolute Gasteiger partial charge is 0.383 e. The van der Waals surface area contributed by atoms with Crippen molar-refractivity contribution in [3.63, 3.8) is 0 Å². The van der Waals surface area contributed by atoms with Crippen LogP contribution in [-0.4, -0.2) is 37.8 Å². The molecule has 0 aliphatic rings. The van der Waals surface area contributed by atoms with Crippen LogP contribution in [0.3, 0.4) is 0 Å². The molecule has 142 valence electrons. The van der Waals surface area contributed by atoms with Gasteiger partial charge in [0, 0.05) is 23.4 Å². The molecule has 1 aromatic heterocycles. The van der Waals surface area contributed by atoms with Gasteiger partial charge in [0.2, 0.25) is 5.91 Å². The summed E-state index contributed by atoms with van der Waals surface area (Å²) < 4.78 is 4.89. The van der Waals surface area contributed by atoms with Crippen LogP contribution >= 0.6 is 23.1 Å². The second kappa shape index (κ2) is 10.1. The lowest BCUT2D eigenvalue weighted by Crippen LogP contribution is -2.28. The highest BCUT2D eigenvalue weighted by Crippen LogP contribution is 2.32. The second-order valence-electron chi connectivity index (χ2n) is 5.68. The van der Waals surface area contributed by atoms with Gasteiger partial charge < -0.3 is 15.4 Å². The van der Waals surface area contributed by atoms with Gasteiger partial charge in [-0.25, -0.2) is 0 Å². The van der Waals surface area contributed by atoms with Crippen LogP contribution in [0.1, 0.15) is 26.4 Å². The summed E-state index contributed by atoms with van der Waals surface area (Å²) in [7, 11) is 1.57. The summed E-state index contributed by atoms with van der Waals surface area (Å²) in [6, 6.07) is 9.25. The van der Waals surface area contributed by atoms with Gasteiger partial charge >= 0.3 is 0 Å². The lowest BCUT2D eigenvalue weighted by molar-refractivity contribution is -0.118. The molecule has 0 spiro atoms. The minimum atomic E-state index is -0.296. The van der Waals surface area contributed by atoms with E-state index in [2.05, 4.69) is 16.7 Å². The predicted octanol–water partition coefficient (Wildman–Crippen LogP) is 3.34. The number of hydrogen-bond acceptors (Lipinski definition) is 6. The zero-order valence-electron chi connectivity index (χ0n) is 15.4. The number of anilines is 1. The van der Waals surface area contributed by atoms with Crippen molar-refractivity contribution >= 4 is 39.9 Å². The van der Waals surface area contributed by atoms with Gasteiger partial charge in [-0.2, -0.15) is 5.26 Å². The molecule has 8 heteroatoms. The van der Waals surface area contributed by atoms with E-state index in [0.717, 1.165) is 10.4 Å². The molecule has 0 saturated carbocycles. The van der Waals surface area contributed by atoms with E-state index < -0.39 is 0 Å². The number of carbonyl (C=O) groups is 2. The number of ether oxygens (including phenoxy) is 1. The Morgan fingerprint density at radius 1 is 1.30 bits per heavy atom. The first-order valence-corrected chi connectivity index (χ1v) is 10.1. The molecule has 1 aromatic carbocycles. The highest BCUT2D eigenvalue weighted by molar-refractivity contribution is 8.00. The van der Waals surface area contributed by atoms with Crippen LogP contribution in [0.25, 0.3) is 0 Å². The molecule has 0 atom stereocenters. The highest BCUT2D eigenvalue weighted by Gasteiger charge is 2.18. The summed E-state index contributed by atoms with van der Waals surface area (Å²) >= 11 is 2.68. The van der Waals surface area contributed by atoms with Crippen LogP contribution in [0, 0.1) is 25.2 Å². The maximum absolute atomic E-state index is 12.7. The van der Waals surface area contributed by atoms with Gasteiger partial charge in [-0.15, -0.1) is 23.1 Å². The van der Waals surface area contributed by atoms with Crippen molar-refractivity contribution in [2.75, 3.05) is 31.3 Å². The Labute approximate surface area is 166 Å². The van der Waals surface area contributed by atoms with E-state index in [1.165, 1.54) is 23.1 Å². The van der Waals surface area contributed by atoms with E-state index in [1.807, 2.05) is 19.9 Å². The zero-order chi connectivity index (χ0) is 19.8. The summed E-state index contributed by atoms with van der Waals surface area (Å²) in [5.41, 5.74) is 1.85. The summed E-state index contributed by atoms with van der Waals surface area (Å²) in [5, 5.41) is 15.5. The van der Waals surface area contributed by atoms with Crippen LogP contribution in [0.15, 0.2) is 29.2 Å². The summed E-state index contributed by atoms with van der Waals surface area (Å²) in [6.07, 6.45) is 0. The molecular weight excluding hydrogens is 382 g/mol. The Morgan fingerprint density at radius 2 is 2.04 bits per heavy atom. The van der Waals surface area contributed by atoms with E-state index in [0.29, 0.717) is 34.2 Å². The van der Waals surface area contributed by atoms with Crippen molar-refractivity contribution in [2.24, 2.45) is 0 Å². The maximum atomic E-state index is 12.7. The van der Waals surface area contributed by atoms with E-state index in [4.69, 9.17) is 4.74 Å². The normalized spacial score (nSPS) is 10.3. The molecule has 1 heterocycles. The average molecular weight is 404 g/mol. The third-order valence-corrected chi connectivity index (χ3v) is 6.04. The van der Waals surface area contributed by atoms with E-state index in [1.54, 1.807) is 25.3 Å². The molecule has 2 rings (SSSR count). The number of nitrogens with zero attached hydrogens (tertiary/aromatic N) is 1. The Hall–Kier alpha value is -2.34. The van der Waals surface area contributed by atoms with Gasteiger partial charge in [-0.1, -0.05) is 12.1 Å². The first kappa shape index (κ1) is 21.0. The number of nitriles is 1. The first-order valence-electron chi connectivity index (χ1n) is 8.26. The summed E-state index contributed by atoms with van der Waals surface area (Å²) in [6.45, 7) is 4.69. The molecule has 0 saturated heterocycles. The maximum Gasteiger partial charge on any atom is 0.257 e. The molecule has 0 aliphatic carbocycles. The third-order valence-electron chi connectivity index (χ3n) is 3.84. The van der Waals surface area contributed by atoms with Gasteiger partial charge in [0.25, 0.3) is 5.91 Å². The molecule has 0 unspecified atom stereocenters.